The van der Waals surface area contributed by atoms with Gasteiger partial charge >= 0.3 is 11.9 Å². The molecule has 2 aromatic rings. The Morgan fingerprint density at radius 1 is 1.05 bits per heavy atom. The Morgan fingerprint density at radius 2 is 1.76 bits per heavy atom. The van der Waals surface area contributed by atoms with Crippen LogP contribution < -0.4 is 5.43 Å². The summed E-state index contributed by atoms with van der Waals surface area (Å²) in [6, 6.07) is 13.7. The smallest absolute Gasteiger partial charge is 0.310 e. The zero-order chi connectivity index (χ0) is 26.7. The second-order valence-electron chi connectivity index (χ2n) is 11.0. The molecule has 0 heterocycles. The number of hydrazone groups is 1. The molecule has 1 saturated carbocycles. The van der Waals surface area contributed by atoms with E-state index in [0.717, 1.165) is 33.0 Å². The van der Waals surface area contributed by atoms with Crippen molar-refractivity contribution in [2.75, 3.05) is 18.6 Å². The molecule has 0 aromatic heterocycles. The molecule has 37 heavy (non-hydrogen) atoms. The maximum absolute atomic E-state index is 13.5. The number of ether oxygens (including phenoxy) is 2. The van der Waals surface area contributed by atoms with E-state index in [-0.39, 0.29) is 24.2 Å². The van der Waals surface area contributed by atoms with Crippen LogP contribution in [0, 0.1) is 11.8 Å². The largest absolute Gasteiger partial charge is 0.508 e. The Labute approximate surface area is 227 Å². The summed E-state index contributed by atoms with van der Waals surface area (Å²) in [6.07, 6.45) is 1.19. The highest BCUT2D eigenvalue weighted by Crippen LogP contribution is 2.56. The van der Waals surface area contributed by atoms with E-state index in [1.807, 2.05) is 37.3 Å². The fourth-order valence-corrected chi connectivity index (χ4v) is 6.32. The van der Waals surface area contributed by atoms with E-state index in [9.17, 15) is 14.7 Å². The third kappa shape index (κ3) is 6.09. The lowest BCUT2D eigenvalue weighted by Gasteiger charge is -2.47. The lowest BCUT2D eigenvalue weighted by Crippen LogP contribution is -2.51. The van der Waals surface area contributed by atoms with E-state index in [1.165, 1.54) is 0 Å². The maximum atomic E-state index is 13.5. The lowest BCUT2D eigenvalue weighted by molar-refractivity contribution is -0.163. The number of aromatic hydroxyl groups is 1. The maximum Gasteiger partial charge on any atom is 0.310 e. The summed E-state index contributed by atoms with van der Waals surface area (Å²) in [5, 5.41) is 15.0. The van der Waals surface area contributed by atoms with Crippen molar-refractivity contribution in [2.45, 2.75) is 57.3 Å². The molecule has 9 heteroatoms. The molecule has 7 nitrogen and oxygen atoms in total. The van der Waals surface area contributed by atoms with Crippen LogP contribution in [0.2, 0.25) is 25.7 Å². The van der Waals surface area contributed by atoms with Crippen LogP contribution in [-0.2, 0) is 19.1 Å². The summed E-state index contributed by atoms with van der Waals surface area (Å²) in [4.78, 5) is 27.0. The summed E-state index contributed by atoms with van der Waals surface area (Å²) in [6.45, 7) is 9.27. The number of esters is 2. The third-order valence-corrected chi connectivity index (χ3v) is 9.45. The zero-order valence-electron chi connectivity index (χ0n) is 21.8. The van der Waals surface area contributed by atoms with Gasteiger partial charge in [0.1, 0.15) is 5.75 Å². The second kappa shape index (κ2) is 11.4. The van der Waals surface area contributed by atoms with Gasteiger partial charge in [-0.1, -0.05) is 44.8 Å². The molecule has 3 aliphatic rings. The molecule has 5 rings (SSSR count). The highest BCUT2D eigenvalue weighted by Gasteiger charge is 2.57. The number of benzene rings is 2. The number of carbonyl (C=O) groups is 2. The number of phenols is 1. The van der Waals surface area contributed by atoms with Crippen molar-refractivity contribution in [2.24, 2.45) is 16.9 Å². The van der Waals surface area contributed by atoms with Crippen molar-refractivity contribution in [1.82, 2.24) is 0 Å². The molecular weight excluding hydrogens is 552 g/mol. The Hall–Kier alpha value is -2.65. The van der Waals surface area contributed by atoms with Gasteiger partial charge in [-0.05, 0) is 70.2 Å². The van der Waals surface area contributed by atoms with E-state index >= 15 is 0 Å². The van der Waals surface area contributed by atoms with Crippen LogP contribution in [0.25, 0.3) is 0 Å². The Morgan fingerprint density at radius 3 is 2.46 bits per heavy atom. The summed E-state index contributed by atoms with van der Waals surface area (Å²) >= 11 is 3.53. The highest BCUT2D eigenvalue weighted by atomic mass is 79.9. The van der Waals surface area contributed by atoms with Crippen LogP contribution >= 0.6 is 15.9 Å². The average molecular weight is 588 g/mol. The van der Waals surface area contributed by atoms with E-state index in [1.54, 1.807) is 12.1 Å². The van der Waals surface area contributed by atoms with Gasteiger partial charge in [0.05, 0.1) is 30.7 Å². The molecule has 0 amide bonds. The normalized spacial score (nSPS) is 23.4. The Bertz CT molecular complexity index is 1200. The molecule has 2 bridgehead atoms. The number of hydrogen-bond donors (Lipinski definition) is 2. The minimum absolute atomic E-state index is 0.111. The average Bonchev–Trinajstić information content (AvgIpc) is 2.85. The molecule has 1 unspecified atom stereocenters. The van der Waals surface area contributed by atoms with Gasteiger partial charge in [0.2, 0.25) is 0 Å². The monoisotopic (exact) mass is 586 g/mol. The highest BCUT2D eigenvalue weighted by molar-refractivity contribution is 9.10. The first kappa shape index (κ1) is 27.4. The molecule has 0 radical (unpaired) electrons. The molecular formula is C28H35BrN2O5Si. The number of carbonyl (C=O) groups excluding carboxylic acids is 2. The van der Waals surface area contributed by atoms with E-state index < -0.39 is 31.8 Å². The van der Waals surface area contributed by atoms with Gasteiger partial charge in [0, 0.05) is 30.1 Å². The summed E-state index contributed by atoms with van der Waals surface area (Å²) in [5.41, 5.74) is 6.44. The van der Waals surface area contributed by atoms with Gasteiger partial charge in [-0.25, -0.2) is 0 Å². The molecule has 2 aromatic carbocycles. The topological polar surface area (TPSA) is 97.2 Å². The van der Waals surface area contributed by atoms with Crippen molar-refractivity contribution in [1.29, 1.82) is 0 Å². The third-order valence-electron chi connectivity index (χ3n) is 7.06. The van der Waals surface area contributed by atoms with Crippen LogP contribution in [-0.4, -0.2) is 44.0 Å². The fourth-order valence-electron chi connectivity index (χ4n) is 5.24. The predicted molar refractivity (Wildman–Crippen MR) is 151 cm³/mol. The number of phenolic OH excluding ortho intramolecular Hbond substituents is 1. The predicted octanol–water partition coefficient (Wildman–Crippen LogP) is 6.27. The van der Waals surface area contributed by atoms with E-state index in [0.29, 0.717) is 19.4 Å². The standard InChI is InChI=1S/C28H35BrN2O5Si/c1-5-12-35-28(34)26-24-19-15-17(32)10-11-18(19)20(25(26)27(33)36-13-14-37(2,3)4)16-23(24)31-30-22-9-7-6-8-21(22)29/h6-11,15,20,24-26,30,32H,5,12-14,16H2,1-4H3/t20?,24-,25-,26-/m1/s1. The van der Waals surface area contributed by atoms with E-state index in [4.69, 9.17) is 14.6 Å². The molecule has 198 valence electrons. The van der Waals surface area contributed by atoms with Crippen molar-refractivity contribution in [3.8, 4) is 5.75 Å². The quantitative estimate of drug-likeness (QED) is 0.204. The number of halogens is 1. The number of nitrogens with one attached hydrogen (secondary N) is 1. The van der Waals surface area contributed by atoms with Crippen LogP contribution in [0.3, 0.4) is 0 Å². The first-order chi connectivity index (χ1) is 17.6. The van der Waals surface area contributed by atoms with Gasteiger partial charge in [0.25, 0.3) is 0 Å². The fraction of sp³-hybridized carbons (Fsp3) is 0.464. The van der Waals surface area contributed by atoms with Gasteiger partial charge in [-0.15, -0.1) is 0 Å². The Kier molecular flexibility index (Phi) is 8.43. The van der Waals surface area contributed by atoms with Gasteiger partial charge < -0.3 is 14.6 Å². The summed E-state index contributed by atoms with van der Waals surface area (Å²) in [5.74, 6) is -2.94. The van der Waals surface area contributed by atoms with E-state index in [2.05, 4.69) is 41.0 Å². The van der Waals surface area contributed by atoms with Crippen LogP contribution in [0.5, 0.6) is 5.75 Å². The van der Waals surface area contributed by atoms with Crippen molar-refractivity contribution in [3.63, 3.8) is 0 Å². The summed E-state index contributed by atoms with van der Waals surface area (Å²) in [7, 11) is -1.40. The molecule has 2 N–H and O–H groups in total. The van der Waals surface area contributed by atoms with Crippen LogP contribution in [0.4, 0.5) is 5.69 Å². The molecule has 1 fully saturated rings. The van der Waals surface area contributed by atoms with Gasteiger partial charge in [-0.3, -0.25) is 15.0 Å². The second-order valence-corrected chi connectivity index (χ2v) is 17.5. The van der Waals surface area contributed by atoms with Gasteiger partial charge in [0.15, 0.2) is 0 Å². The van der Waals surface area contributed by atoms with Crippen LogP contribution in [0.1, 0.15) is 42.7 Å². The van der Waals surface area contributed by atoms with Crippen molar-refractivity contribution < 1.29 is 24.2 Å². The first-order valence-corrected chi connectivity index (χ1v) is 17.3. The molecule has 0 saturated heterocycles. The lowest BCUT2D eigenvalue weighted by atomic mass is 9.55. The van der Waals surface area contributed by atoms with Gasteiger partial charge in [-0.2, -0.15) is 5.10 Å². The molecule has 4 atom stereocenters. The molecule has 0 spiro atoms. The number of fused-ring (bicyclic) bond motifs is 2. The van der Waals surface area contributed by atoms with Crippen molar-refractivity contribution >= 4 is 47.3 Å². The number of anilines is 1. The SMILES string of the molecule is CCCOC(=O)[C@H]1[C@H](C(=O)OCC[Si](C)(C)C)C2CC(=NNc3ccccc3Br)[C@H]1c1cc(O)ccc12. The Balaban J connectivity index is 1.73. The number of nitrogens with zero attached hydrogens (tertiary/aromatic N) is 1. The minimum Gasteiger partial charge on any atom is -0.508 e. The molecule has 0 aliphatic heterocycles. The number of hydrogen-bond acceptors (Lipinski definition) is 7. The van der Waals surface area contributed by atoms with Crippen LogP contribution in [0.15, 0.2) is 52.0 Å². The first-order valence-electron chi connectivity index (χ1n) is 12.8. The molecule has 3 aliphatic carbocycles. The minimum atomic E-state index is -1.40. The zero-order valence-corrected chi connectivity index (χ0v) is 24.4. The number of para-hydroxylation sites is 1. The summed E-state index contributed by atoms with van der Waals surface area (Å²) < 4.78 is 12.3. The number of rotatable bonds is 9. The van der Waals surface area contributed by atoms with Crippen molar-refractivity contribution in [3.05, 3.63) is 58.1 Å².